The van der Waals surface area contributed by atoms with Crippen LogP contribution in [0.2, 0.25) is 0 Å². The maximum Gasteiger partial charge on any atom is 0.326 e. The second kappa shape index (κ2) is 9.12. The zero-order chi connectivity index (χ0) is 18.2. The van der Waals surface area contributed by atoms with Crippen molar-refractivity contribution in [1.82, 2.24) is 10.2 Å². The summed E-state index contributed by atoms with van der Waals surface area (Å²) >= 11 is 0. The van der Waals surface area contributed by atoms with Crippen LogP contribution in [0.5, 0.6) is 0 Å². The van der Waals surface area contributed by atoms with Gasteiger partial charge in [0.05, 0.1) is 24.8 Å². The first-order chi connectivity index (χ1) is 12.0. The fraction of sp³-hybridized carbons (Fsp3) is 0.471. The van der Waals surface area contributed by atoms with Crippen LogP contribution in [-0.4, -0.2) is 49.0 Å². The molecule has 0 bridgehead atoms. The normalized spacial score (nSPS) is 15.4. The fourth-order valence-corrected chi connectivity index (χ4v) is 2.67. The van der Waals surface area contributed by atoms with E-state index in [-0.39, 0.29) is 24.1 Å². The molecule has 136 valence electrons. The van der Waals surface area contributed by atoms with Gasteiger partial charge in [0.1, 0.15) is 5.82 Å². The number of amides is 3. The number of carbonyl (C=O) groups excluding carboxylic acids is 3. The number of urea groups is 1. The standard InChI is InChI=1S/C17H22FN3O4/c1-2-25-16(23)12-7-9-21(10-8-12)11-15(22)20-17(24)19-14-6-4-3-5-13(14)18/h3-6,12H,2,7-11H2,1H3,(H2,19,20,22,24). The van der Waals surface area contributed by atoms with Gasteiger partial charge in [-0.25, -0.2) is 9.18 Å². The average molecular weight is 351 g/mol. The molecule has 1 aromatic rings. The lowest BCUT2D eigenvalue weighted by Gasteiger charge is -2.30. The smallest absolute Gasteiger partial charge is 0.326 e. The summed E-state index contributed by atoms with van der Waals surface area (Å²) in [5.41, 5.74) is 0.00282. The molecule has 3 amide bonds. The van der Waals surface area contributed by atoms with Crippen molar-refractivity contribution in [2.45, 2.75) is 19.8 Å². The Labute approximate surface area is 145 Å². The second-order valence-electron chi connectivity index (χ2n) is 5.78. The summed E-state index contributed by atoms with van der Waals surface area (Å²) in [5.74, 6) is -1.39. The van der Waals surface area contributed by atoms with Crippen LogP contribution < -0.4 is 10.6 Å². The molecule has 0 aliphatic carbocycles. The van der Waals surface area contributed by atoms with Crippen LogP contribution in [0.4, 0.5) is 14.9 Å². The van der Waals surface area contributed by atoms with E-state index in [9.17, 15) is 18.8 Å². The summed E-state index contributed by atoms with van der Waals surface area (Å²) in [5, 5.41) is 4.46. The number of benzene rings is 1. The van der Waals surface area contributed by atoms with E-state index in [2.05, 4.69) is 10.6 Å². The highest BCUT2D eigenvalue weighted by Gasteiger charge is 2.27. The Bertz CT molecular complexity index is 630. The number of carbonyl (C=O) groups is 3. The Morgan fingerprint density at radius 1 is 1.24 bits per heavy atom. The molecule has 1 fully saturated rings. The number of imide groups is 1. The molecule has 0 aromatic heterocycles. The van der Waals surface area contributed by atoms with Crippen molar-refractivity contribution < 1.29 is 23.5 Å². The minimum atomic E-state index is -0.781. The maximum atomic E-state index is 13.4. The molecule has 2 rings (SSSR count). The fourth-order valence-electron chi connectivity index (χ4n) is 2.67. The summed E-state index contributed by atoms with van der Waals surface area (Å²) in [6.45, 7) is 3.32. The van der Waals surface area contributed by atoms with Gasteiger partial charge in [0.2, 0.25) is 5.91 Å². The van der Waals surface area contributed by atoms with Gasteiger partial charge in [-0.15, -0.1) is 0 Å². The van der Waals surface area contributed by atoms with Crippen molar-refractivity contribution in [3.63, 3.8) is 0 Å². The largest absolute Gasteiger partial charge is 0.466 e. The number of ether oxygens (including phenoxy) is 1. The van der Waals surface area contributed by atoms with E-state index in [0.29, 0.717) is 32.5 Å². The maximum absolute atomic E-state index is 13.4. The lowest BCUT2D eigenvalue weighted by atomic mass is 9.97. The molecule has 8 heteroatoms. The van der Waals surface area contributed by atoms with E-state index >= 15 is 0 Å². The van der Waals surface area contributed by atoms with Crippen LogP contribution in [-0.2, 0) is 14.3 Å². The number of nitrogens with zero attached hydrogens (tertiary/aromatic N) is 1. The average Bonchev–Trinajstić information content (AvgIpc) is 2.57. The second-order valence-corrected chi connectivity index (χ2v) is 5.78. The lowest BCUT2D eigenvalue weighted by molar-refractivity contribution is -0.149. The third-order valence-electron chi connectivity index (χ3n) is 3.95. The summed E-state index contributed by atoms with van der Waals surface area (Å²) in [6, 6.07) is 4.92. The van der Waals surface area contributed by atoms with E-state index in [1.165, 1.54) is 18.2 Å². The van der Waals surface area contributed by atoms with Gasteiger partial charge in [0.15, 0.2) is 0 Å². The van der Waals surface area contributed by atoms with Crippen molar-refractivity contribution in [3.8, 4) is 0 Å². The van der Waals surface area contributed by atoms with E-state index in [4.69, 9.17) is 4.74 Å². The molecule has 25 heavy (non-hydrogen) atoms. The highest BCUT2D eigenvalue weighted by Crippen LogP contribution is 2.18. The van der Waals surface area contributed by atoms with E-state index in [1.54, 1.807) is 13.0 Å². The van der Waals surface area contributed by atoms with Gasteiger partial charge in [-0.05, 0) is 45.0 Å². The molecule has 0 saturated carbocycles. The van der Waals surface area contributed by atoms with Gasteiger partial charge in [-0.2, -0.15) is 0 Å². The van der Waals surface area contributed by atoms with Crippen LogP contribution in [0.25, 0.3) is 0 Å². The number of nitrogens with one attached hydrogen (secondary N) is 2. The number of piperidine rings is 1. The zero-order valence-corrected chi connectivity index (χ0v) is 14.1. The molecule has 0 radical (unpaired) electrons. The number of likely N-dealkylation sites (tertiary alicyclic amines) is 1. The van der Waals surface area contributed by atoms with Gasteiger partial charge in [-0.3, -0.25) is 19.8 Å². The molecule has 1 saturated heterocycles. The topological polar surface area (TPSA) is 87.7 Å². The monoisotopic (exact) mass is 351 g/mol. The third-order valence-corrected chi connectivity index (χ3v) is 3.95. The molecule has 1 aliphatic rings. The molecular formula is C17H22FN3O4. The summed E-state index contributed by atoms with van der Waals surface area (Å²) < 4.78 is 18.4. The first kappa shape index (κ1) is 18.9. The van der Waals surface area contributed by atoms with Crippen LogP contribution >= 0.6 is 0 Å². The molecular weight excluding hydrogens is 329 g/mol. The number of para-hydroxylation sites is 1. The van der Waals surface area contributed by atoms with Crippen molar-refractivity contribution in [3.05, 3.63) is 30.1 Å². The van der Waals surface area contributed by atoms with Crippen LogP contribution in [0.1, 0.15) is 19.8 Å². The van der Waals surface area contributed by atoms with Gasteiger partial charge in [-0.1, -0.05) is 12.1 Å². The van der Waals surface area contributed by atoms with Crippen molar-refractivity contribution in [2.24, 2.45) is 5.92 Å². The Balaban J connectivity index is 1.73. The van der Waals surface area contributed by atoms with Crippen molar-refractivity contribution in [2.75, 3.05) is 31.6 Å². The predicted octanol–water partition coefficient (Wildman–Crippen LogP) is 1.75. The van der Waals surface area contributed by atoms with E-state index in [0.717, 1.165) is 0 Å². The first-order valence-corrected chi connectivity index (χ1v) is 8.24. The number of halogens is 1. The molecule has 1 aliphatic heterocycles. The number of esters is 1. The number of hydrogen-bond acceptors (Lipinski definition) is 5. The predicted molar refractivity (Wildman–Crippen MR) is 89.4 cm³/mol. The number of hydrogen-bond donors (Lipinski definition) is 2. The molecule has 0 spiro atoms. The molecule has 1 aromatic carbocycles. The van der Waals surface area contributed by atoms with Crippen LogP contribution in [0.15, 0.2) is 24.3 Å². The van der Waals surface area contributed by atoms with E-state index in [1.807, 2.05) is 4.90 Å². The highest BCUT2D eigenvalue weighted by molar-refractivity contribution is 6.01. The minimum absolute atomic E-state index is 0.00282. The lowest BCUT2D eigenvalue weighted by Crippen LogP contribution is -2.45. The third kappa shape index (κ3) is 5.82. The molecule has 2 N–H and O–H groups in total. The van der Waals surface area contributed by atoms with Gasteiger partial charge >= 0.3 is 12.0 Å². The molecule has 1 heterocycles. The summed E-state index contributed by atoms with van der Waals surface area (Å²) in [6.07, 6.45) is 1.24. The van der Waals surface area contributed by atoms with Gasteiger partial charge in [0, 0.05) is 0 Å². The van der Waals surface area contributed by atoms with Crippen LogP contribution in [0, 0.1) is 11.7 Å². The zero-order valence-electron chi connectivity index (χ0n) is 14.1. The van der Waals surface area contributed by atoms with Crippen molar-refractivity contribution in [1.29, 1.82) is 0 Å². The molecule has 0 unspecified atom stereocenters. The molecule has 0 atom stereocenters. The first-order valence-electron chi connectivity index (χ1n) is 8.24. The summed E-state index contributed by atoms with van der Waals surface area (Å²) in [7, 11) is 0. The van der Waals surface area contributed by atoms with Gasteiger partial charge in [0.25, 0.3) is 0 Å². The quantitative estimate of drug-likeness (QED) is 0.789. The number of anilines is 1. The Morgan fingerprint density at radius 2 is 1.92 bits per heavy atom. The van der Waals surface area contributed by atoms with Crippen molar-refractivity contribution >= 4 is 23.6 Å². The SMILES string of the molecule is CCOC(=O)C1CCN(CC(=O)NC(=O)Nc2ccccc2F)CC1. The highest BCUT2D eigenvalue weighted by atomic mass is 19.1. The summed E-state index contributed by atoms with van der Waals surface area (Å²) in [4.78, 5) is 37.2. The van der Waals surface area contributed by atoms with E-state index < -0.39 is 17.8 Å². The number of rotatable bonds is 5. The van der Waals surface area contributed by atoms with Crippen LogP contribution in [0.3, 0.4) is 0 Å². The Hall–Kier alpha value is -2.48. The van der Waals surface area contributed by atoms with Gasteiger partial charge < -0.3 is 10.1 Å². The Morgan fingerprint density at radius 3 is 2.56 bits per heavy atom. The minimum Gasteiger partial charge on any atom is -0.466 e. The molecule has 7 nitrogen and oxygen atoms in total. The Kier molecular flexibility index (Phi) is 6.88.